The second kappa shape index (κ2) is 6.79. The third kappa shape index (κ3) is 3.56. The minimum atomic E-state index is -2.31. The Morgan fingerprint density at radius 3 is 1.94 bits per heavy atom. The van der Waals surface area contributed by atoms with Crippen molar-refractivity contribution in [2.24, 2.45) is 0 Å². The standard InChI is InChI=1S/C13H22O3Si/c1-4-11-17(15-5-2,16-6-3)13-9-7-12(14)8-10-13/h7-10,14H,4-6,11H2,1-3H3. The zero-order valence-electron chi connectivity index (χ0n) is 10.9. The summed E-state index contributed by atoms with van der Waals surface area (Å²) in [6.07, 6.45) is 1.03. The topological polar surface area (TPSA) is 38.7 Å². The Kier molecular flexibility index (Phi) is 5.68. The summed E-state index contributed by atoms with van der Waals surface area (Å²) in [6, 6.07) is 8.18. The third-order valence-electron chi connectivity index (χ3n) is 2.64. The molecule has 0 amide bonds. The summed E-state index contributed by atoms with van der Waals surface area (Å²) in [5, 5.41) is 10.4. The average Bonchev–Trinajstić information content (AvgIpc) is 2.30. The van der Waals surface area contributed by atoms with Gasteiger partial charge in [-0.3, -0.25) is 0 Å². The molecule has 4 heteroatoms. The van der Waals surface area contributed by atoms with Crippen molar-refractivity contribution in [3.8, 4) is 5.75 Å². The van der Waals surface area contributed by atoms with Gasteiger partial charge in [0.1, 0.15) is 5.75 Å². The first-order chi connectivity index (χ1) is 8.18. The van der Waals surface area contributed by atoms with Crippen molar-refractivity contribution < 1.29 is 14.0 Å². The molecule has 0 aliphatic rings. The molecule has 0 unspecified atom stereocenters. The Morgan fingerprint density at radius 1 is 1.00 bits per heavy atom. The van der Waals surface area contributed by atoms with Gasteiger partial charge in [0.05, 0.1) is 0 Å². The lowest BCUT2D eigenvalue weighted by atomic mass is 10.3. The van der Waals surface area contributed by atoms with Gasteiger partial charge >= 0.3 is 8.56 Å². The van der Waals surface area contributed by atoms with E-state index in [4.69, 9.17) is 8.85 Å². The van der Waals surface area contributed by atoms with Crippen LogP contribution >= 0.6 is 0 Å². The number of rotatable bonds is 7. The van der Waals surface area contributed by atoms with E-state index in [0.29, 0.717) is 13.2 Å². The van der Waals surface area contributed by atoms with Crippen molar-refractivity contribution in [2.45, 2.75) is 33.2 Å². The predicted octanol–water partition coefficient (Wildman–Crippen LogP) is 2.52. The molecule has 1 aromatic rings. The summed E-state index contributed by atoms with van der Waals surface area (Å²) in [4.78, 5) is 0. The lowest BCUT2D eigenvalue weighted by Gasteiger charge is -2.30. The van der Waals surface area contributed by atoms with Gasteiger partial charge in [0, 0.05) is 13.2 Å². The highest BCUT2D eigenvalue weighted by Crippen LogP contribution is 2.18. The van der Waals surface area contributed by atoms with Crippen LogP contribution in [0.5, 0.6) is 5.75 Å². The maximum Gasteiger partial charge on any atom is 0.372 e. The van der Waals surface area contributed by atoms with E-state index in [1.807, 2.05) is 26.0 Å². The minimum absolute atomic E-state index is 0.279. The van der Waals surface area contributed by atoms with Crippen LogP contribution in [0.3, 0.4) is 0 Å². The highest BCUT2D eigenvalue weighted by Gasteiger charge is 2.38. The molecule has 0 aromatic heterocycles. The van der Waals surface area contributed by atoms with Crippen molar-refractivity contribution in [2.75, 3.05) is 13.2 Å². The van der Waals surface area contributed by atoms with Gasteiger partial charge in [0.2, 0.25) is 0 Å². The molecular weight excluding hydrogens is 232 g/mol. The van der Waals surface area contributed by atoms with Crippen LogP contribution in [0.25, 0.3) is 0 Å². The SMILES string of the molecule is CCC[Si](OCC)(OCC)c1ccc(O)cc1. The minimum Gasteiger partial charge on any atom is -0.508 e. The predicted molar refractivity (Wildman–Crippen MR) is 71.8 cm³/mol. The van der Waals surface area contributed by atoms with Crippen molar-refractivity contribution in [1.82, 2.24) is 0 Å². The summed E-state index contributed by atoms with van der Waals surface area (Å²) in [6.45, 7) is 7.45. The second-order valence-corrected chi connectivity index (χ2v) is 7.08. The number of phenolic OH excluding ortho intramolecular Hbond substituents is 1. The molecule has 0 saturated heterocycles. The van der Waals surface area contributed by atoms with Gasteiger partial charge in [0.15, 0.2) is 0 Å². The highest BCUT2D eigenvalue weighted by molar-refractivity contribution is 6.81. The quantitative estimate of drug-likeness (QED) is 0.760. The fourth-order valence-corrected chi connectivity index (χ4v) is 5.27. The van der Waals surface area contributed by atoms with Gasteiger partial charge in [-0.1, -0.05) is 25.5 Å². The van der Waals surface area contributed by atoms with Crippen LogP contribution in [0.1, 0.15) is 27.2 Å². The molecule has 0 bridgehead atoms. The molecule has 0 aliphatic heterocycles. The van der Waals surface area contributed by atoms with Crippen molar-refractivity contribution >= 4 is 13.7 Å². The van der Waals surface area contributed by atoms with Crippen LogP contribution in [0.4, 0.5) is 0 Å². The van der Waals surface area contributed by atoms with E-state index >= 15 is 0 Å². The van der Waals surface area contributed by atoms with Crippen LogP contribution in [-0.2, 0) is 8.85 Å². The molecule has 1 aromatic carbocycles. The first kappa shape index (κ1) is 14.2. The van der Waals surface area contributed by atoms with E-state index in [0.717, 1.165) is 17.7 Å². The van der Waals surface area contributed by atoms with Gasteiger partial charge in [-0.2, -0.15) is 0 Å². The molecule has 0 fully saturated rings. The summed E-state index contributed by atoms with van der Waals surface area (Å²) in [5.74, 6) is 0.279. The van der Waals surface area contributed by atoms with E-state index < -0.39 is 8.56 Å². The van der Waals surface area contributed by atoms with Crippen LogP contribution in [0.2, 0.25) is 6.04 Å². The van der Waals surface area contributed by atoms with E-state index in [1.54, 1.807) is 12.1 Å². The van der Waals surface area contributed by atoms with E-state index in [1.165, 1.54) is 0 Å². The zero-order chi connectivity index (χ0) is 12.7. The van der Waals surface area contributed by atoms with Gasteiger partial charge in [0.25, 0.3) is 0 Å². The second-order valence-electron chi connectivity index (χ2n) is 3.92. The van der Waals surface area contributed by atoms with Gasteiger partial charge < -0.3 is 14.0 Å². The van der Waals surface area contributed by atoms with E-state index in [2.05, 4.69) is 6.92 Å². The summed E-state index contributed by atoms with van der Waals surface area (Å²) < 4.78 is 11.9. The first-order valence-electron chi connectivity index (χ1n) is 6.26. The first-order valence-corrected chi connectivity index (χ1v) is 8.28. The lowest BCUT2D eigenvalue weighted by Crippen LogP contribution is -2.53. The Balaban J connectivity index is 3.04. The summed E-state index contributed by atoms with van der Waals surface area (Å²) >= 11 is 0. The monoisotopic (exact) mass is 254 g/mol. The fourth-order valence-electron chi connectivity index (χ4n) is 2.01. The average molecular weight is 254 g/mol. The van der Waals surface area contributed by atoms with Crippen molar-refractivity contribution in [3.63, 3.8) is 0 Å². The van der Waals surface area contributed by atoms with E-state index in [-0.39, 0.29) is 5.75 Å². The Labute approximate surface area is 105 Å². The van der Waals surface area contributed by atoms with Gasteiger partial charge in [-0.25, -0.2) is 0 Å². The van der Waals surface area contributed by atoms with Crippen LogP contribution in [-0.4, -0.2) is 26.9 Å². The number of hydrogen-bond acceptors (Lipinski definition) is 3. The molecule has 0 heterocycles. The molecule has 1 rings (SSSR count). The molecule has 0 spiro atoms. The Hall–Kier alpha value is -0.843. The Bertz CT molecular complexity index is 307. The third-order valence-corrected chi connectivity index (χ3v) is 6.52. The molecule has 0 atom stereocenters. The number of benzene rings is 1. The summed E-state index contributed by atoms with van der Waals surface area (Å²) in [7, 11) is -2.31. The molecule has 96 valence electrons. The van der Waals surface area contributed by atoms with Crippen molar-refractivity contribution in [1.29, 1.82) is 0 Å². The molecule has 1 N–H and O–H groups in total. The van der Waals surface area contributed by atoms with E-state index in [9.17, 15) is 5.11 Å². The molecule has 17 heavy (non-hydrogen) atoms. The van der Waals surface area contributed by atoms with Gasteiger partial charge in [-0.05, 0) is 37.2 Å². The molecule has 0 saturated carbocycles. The van der Waals surface area contributed by atoms with Crippen LogP contribution < -0.4 is 5.19 Å². The fraction of sp³-hybridized carbons (Fsp3) is 0.538. The highest BCUT2D eigenvalue weighted by atomic mass is 28.4. The maximum absolute atomic E-state index is 9.35. The number of hydrogen-bond donors (Lipinski definition) is 1. The number of phenols is 1. The Morgan fingerprint density at radius 2 is 1.53 bits per heavy atom. The van der Waals surface area contributed by atoms with Crippen molar-refractivity contribution in [3.05, 3.63) is 24.3 Å². The molecule has 3 nitrogen and oxygen atoms in total. The largest absolute Gasteiger partial charge is 0.508 e. The van der Waals surface area contributed by atoms with Gasteiger partial charge in [-0.15, -0.1) is 0 Å². The van der Waals surface area contributed by atoms with Crippen LogP contribution in [0, 0.1) is 0 Å². The smallest absolute Gasteiger partial charge is 0.372 e. The normalized spacial score (nSPS) is 11.7. The molecular formula is C13H22O3Si. The number of aromatic hydroxyl groups is 1. The maximum atomic E-state index is 9.35. The lowest BCUT2D eigenvalue weighted by molar-refractivity contribution is 0.195. The molecule has 0 aliphatic carbocycles. The summed E-state index contributed by atoms with van der Waals surface area (Å²) in [5.41, 5.74) is 0. The van der Waals surface area contributed by atoms with Crippen LogP contribution in [0.15, 0.2) is 24.3 Å². The zero-order valence-corrected chi connectivity index (χ0v) is 11.9. The molecule has 0 radical (unpaired) electrons.